The second kappa shape index (κ2) is 5.57. The predicted octanol–water partition coefficient (Wildman–Crippen LogP) is 1.82. The molecule has 2 amide bonds. The smallest absolute Gasteiger partial charge is 0.324 e. The van der Waals surface area contributed by atoms with Crippen LogP contribution in [0.1, 0.15) is 19.3 Å². The van der Waals surface area contributed by atoms with E-state index in [2.05, 4.69) is 15.5 Å². The van der Waals surface area contributed by atoms with Gasteiger partial charge in [-0.3, -0.25) is 0 Å². The van der Waals surface area contributed by atoms with Gasteiger partial charge in [0, 0.05) is 18.8 Å². The van der Waals surface area contributed by atoms with Crippen molar-refractivity contribution < 1.29 is 4.79 Å². The fourth-order valence-electron chi connectivity index (χ4n) is 3.77. The number of aromatic amines is 1. The number of H-pyrrole nitrogens is 1. The highest BCUT2D eigenvalue weighted by Gasteiger charge is 2.37. The lowest BCUT2D eigenvalue weighted by molar-refractivity contribution is 0.219. The quantitative estimate of drug-likeness (QED) is 0.887. The summed E-state index contributed by atoms with van der Waals surface area (Å²) in [6.45, 7) is 1.72. The second-order valence-electron chi connectivity index (χ2n) is 6.37. The van der Waals surface area contributed by atoms with Gasteiger partial charge in [0.15, 0.2) is 0 Å². The Morgan fingerprint density at radius 1 is 1.26 bits per heavy atom. The van der Waals surface area contributed by atoms with Crippen LogP contribution in [-0.2, 0) is 0 Å². The molecule has 120 valence electrons. The van der Waals surface area contributed by atoms with Crippen LogP contribution in [0.5, 0.6) is 0 Å². The molecule has 2 N–H and O–H groups in total. The maximum atomic E-state index is 12.4. The molecule has 1 aromatic carbocycles. The normalized spacial score (nSPS) is 23.0. The first kappa shape index (κ1) is 14.0. The van der Waals surface area contributed by atoms with Gasteiger partial charge in [0.05, 0.1) is 5.69 Å². The van der Waals surface area contributed by atoms with Crippen LogP contribution in [0.4, 0.5) is 10.5 Å². The Morgan fingerprint density at radius 3 is 2.74 bits per heavy atom. The number of carbonyl (C=O) groups is 1. The van der Waals surface area contributed by atoms with Gasteiger partial charge in [-0.05, 0) is 42.9 Å². The van der Waals surface area contributed by atoms with E-state index in [-0.39, 0.29) is 11.7 Å². The fourth-order valence-corrected chi connectivity index (χ4v) is 3.77. The van der Waals surface area contributed by atoms with Crippen molar-refractivity contribution >= 4 is 11.7 Å². The van der Waals surface area contributed by atoms with Gasteiger partial charge in [0.2, 0.25) is 0 Å². The van der Waals surface area contributed by atoms with Crippen molar-refractivity contribution in [2.24, 2.45) is 11.8 Å². The number of benzene rings is 1. The van der Waals surface area contributed by atoms with Crippen molar-refractivity contribution in [3.8, 4) is 5.69 Å². The molecule has 1 aromatic heterocycles. The molecule has 1 aliphatic heterocycles. The molecule has 0 radical (unpaired) electrons. The van der Waals surface area contributed by atoms with Gasteiger partial charge in [0.25, 0.3) is 0 Å². The summed E-state index contributed by atoms with van der Waals surface area (Å²) in [5, 5.41) is 9.01. The molecule has 7 heteroatoms. The first-order valence-corrected chi connectivity index (χ1v) is 7.99. The molecule has 2 aromatic rings. The minimum atomic E-state index is -0.305. The largest absolute Gasteiger partial charge is 0.347 e. The first-order valence-electron chi connectivity index (χ1n) is 7.99. The Balaban J connectivity index is 1.48. The van der Waals surface area contributed by atoms with E-state index in [1.54, 1.807) is 12.1 Å². The highest BCUT2D eigenvalue weighted by molar-refractivity contribution is 5.89. The summed E-state index contributed by atoms with van der Waals surface area (Å²) in [6.07, 6.45) is 5.21. The topological polar surface area (TPSA) is 83.0 Å². The summed E-state index contributed by atoms with van der Waals surface area (Å²) >= 11 is 0. The van der Waals surface area contributed by atoms with Crippen molar-refractivity contribution in [1.29, 1.82) is 0 Å². The molecule has 1 saturated heterocycles. The zero-order chi connectivity index (χ0) is 15.8. The summed E-state index contributed by atoms with van der Waals surface area (Å²) in [5.41, 5.74) is 1.04. The molecule has 1 aliphatic carbocycles. The van der Waals surface area contributed by atoms with Crippen LogP contribution in [0.25, 0.3) is 5.69 Å². The third-order valence-electron chi connectivity index (χ3n) is 4.94. The van der Waals surface area contributed by atoms with Gasteiger partial charge in [-0.25, -0.2) is 19.3 Å². The van der Waals surface area contributed by atoms with E-state index in [0.29, 0.717) is 23.2 Å². The van der Waals surface area contributed by atoms with E-state index in [1.807, 2.05) is 17.0 Å². The number of nitrogens with zero attached hydrogens (tertiary/aromatic N) is 3. The molecule has 4 rings (SSSR count). The van der Waals surface area contributed by atoms with E-state index in [9.17, 15) is 9.59 Å². The second-order valence-corrected chi connectivity index (χ2v) is 6.37. The summed E-state index contributed by atoms with van der Waals surface area (Å²) in [4.78, 5) is 26.0. The Morgan fingerprint density at radius 2 is 2.04 bits per heavy atom. The van der Waals surface area contributed by atoms with E-state index in [1.165, 1.54) is 30.2 Å². The number of urea groups is 1. The van der Waals surface area contributed by atoms with Crippen molar-refractivity contribution in [3.63, 3.8) is 0 Å². The Labute approximate surface area is 133 Å². The van der Waals surface area contributed by atoms with Crippen LogP contribution in [-0.4, -0.2) is 38.8 Å². The van der Waals surface area contributed by atoms with Gasteiger partial charge in [-0.1, -0.05) is 12.5 Å². The van der Waals surface area contributed by atoms with Gasteiger partial charge in [0.1, 0.15) is 6.33 Å². The van der Waals surface area contributed by atoms with E-state index in [0.717, 1.165) is 13.1 Å². The van der Waals surface area contributed by atoms with Crippen LogP contribution in [0.15, 0.2) is 35.4 Å². The lowest BCUT2D eigenvalue weighted by atomic mass is 10.0. The zero-order valence-electron chi connectivity index (χ0n) is 12.7. The number of hydrogen-bond acceptors (Lipinski definition) is 3. The standard InChI is InChI=1S/C16H19N5O2/c22-15(20-8-11-3-1-4-12(11)9-20)18-13-5-2-6-14(7-13)21-10-17-19-16(21)23/h2,5-7,10-12H,1,3-4,8-9H2,(H,18,22)(H,19,23). The molecule has 1 saturated carbocycles. The molecule has 2 heterocycles. The molecule has 2 fully saturated rings. The Kier molecular flexibility index (Phi) is 3.40. The lowest BCUT2D eigenvalue weighted by Crippen LogP contribution is -2.33. The molecule has 2 aliphatic rings. The van der Waals surface area contributed by atoms with Crippen LogP contribution in [0.3, 0.4) is 0 Å². The number of carbonyl (C=O) groups excluding carboxylic acids is 1. The zero-order valence-corrected chi connectivity index (χ0v) is 12.7. The molecule has 7 nitrogen and oxygen atoms in total. The predicted molar refractivity (Wildman–Crippen MR) is 85.6 cm³/mol. The van der Waals surface area contributed by atoms with Crippen LogP contribution >= 0.6 is 0 Å². The van der Waals surface area contributed by atoms with Crippen molar-refractivity contribution in [2.75, 3.05) is 18.4 Å². The minimum Gasteiger partial charge on any atom is -0.324 e. The fraction of sp³-hybridized carbons (Fsp3) is 0.438. The lowest BCUT2D eigenvalue weighted by Gasteiger charge is -2.18. The van der Waals surface area contributed by atoms with Crippen LogP contribution in [0.2, 0.25) is 0 Å². The average Bonchev–Trinajstić information content (AvgIpc) is 3.22. The number of hydrogen-bond donors (Lipinski definition) is 2. The van der Waals surface area contributed by atoms with E-state index < -0.39 is 0 Å². The highest BCUT2D eigenvalue weighted by atomic mass is 16.2. The number of anilines is 1. The van der Waals surface area contributed by atoms with Gasteiger partial charge in [-0.15, -0.1) is 0 Å². The summed E-state index contributed by atoms with van der Waals surface area (Å²) in [6, 6.07) is 7.14. The average molecular weight is 313 g/mol. The van der Waals surface area contributed by atoms with Crippen molar-refractivity contribution in [3.05, 3.63) is 41.1 Å². The summed E-state index contributed by atoms with van der Waals surface area (Å²) in [5.74, 6) is 1.35. The molecule has 0 bridgehead atoms. The number of amides is 2. The van der Waals surface area contributed by atoms with Crippen LogP contribution < -0.4 is 11.0 Å². The summed E-state index contributed by atoms with van der Waals surface area (Å²) < 4.78 is 1.40. The van der Waals surface area contributed by atoms with Crippen molar-refractivity contribution in [1.82, 2.24) is 19.7 Å². The SMILES string of the molecule is O=C(Nc1cccc(-n2cn[nH]c2=O)c1)N1CC2CCCC2C1. The van der Waals surface area contributed by atoms with Crippen molar-refractivity contribution in [2.45, 2.75) is 19.3 Å². The molecule has 23 heavy (non-hydrogen) atoms. The maximum absolute atomic E-state index is 12.4. The van der Waals surface area contributed by atoms with Gasteiger partial charge >= 0.3 is 11.7 Å². The number of nitrogens with one attached hydrogen (secondary N) is 2. The monoisotopic (exact) mass is 313 g/mol. The minimum absolute atomic E-state index is 0.0592. The third kappa shape index (κ3) is 2.62. The molecule has 2 unspecified atom stereocenters. The highest BCUT2D eigenvalue weighted by Crippen LogP contribution is 2.37. The Bertz CT molecular complexity index is 769. The van der Waals surface area contributed by atoms with Gasteiger partial charge < -0.3 is 10.2 Å². The third-order valence-corrected chi connectivity index (χ3v) is 4.94. The van der Waals surface area contributed by atoms with E-state index >= 15 is 0 Å². The molecular weight excluding hydrogens is 294 g/mol. The number of rotatable bonds is 2. The first-order chi connectivity index (χ1) is 11.2. The number of aromatic nitrogens is 3. The number of likely N-dealkylation sites (tertiary alicyclic amines) is 1. The maximum Gasteiger partial charge on any atom is 0.347 e. The van der Waals surface area contributed by atoms with Crippen LogP contribution in [0, 0.1) is 11.8 Å². The molecule has 2 atom stereocenters. The van der Waals surface area contributed by atoms with Gasteiger partial charge in [-0.2, -0.15) is 5.10 Å². The number of fused-ring (bicyclic) bond motifs is 1. The molecule has 0 spiro atoms. The molecular formula is C16H19N5O2. The van der Waals surface area contributed by atoms with E-state index in [4.69, 9.17) is 0 Å². The Hall–Kier alpha value is -2.57. The summed E-state index contributed by atoms with van der Waals surface area (Å²) in [7, 11) is 0.